The molecular weight excluding hydrogens is 322 g/mol. The number of methoxy groups -OCH3 is 4. The van der Waals surface area contributed by atoms with Crippen LogP contribution in [0.3, 0.4) is 0 Å². The lowest BCUT2D eigenvalue weighted by molar-refractivity contribution is 0.0936. The summed E-state index contributed by atoms with van der Waals surface area (Å²) >= 11 is 0. The Labute approximate surface area is 147 Å². The second kappa shape index (κ2) is 8.28. The predicted molar refractivity (Wildman–Crippen MR) is 95.0 cm³/mol. The molecule has 1 atom stereocenters. The molecule has 2 aromatic carbocycles. The Morgan fingerprint density at radius 1 is 0.840 bits per heavy atom. The Morgan fingerprint density at radius 3 is 1.96 bits per heavy atom. The SMILES string of the molecule is COc1ccc(OC)c(C(=O)NC(C)c2cc(OC)ccc2OC)c1. The highest BCUT2D eigenvalue weighted by molar-refractivity contribution is 5.97. The fraction of sp³-hybridized carbons (Fsp3) is 0.316. The zero-order valence-electron chi connectivity index (χ0n) is 15.1. The lowest BCUT2D eigenvalue weighted by Crippen LogP contribution is -2.27. The molecule has 0 aliphatic rings. The predicted octanol–water partition coefficient (Wildman–Crippen LogP) is 3.21. The molecule has 6 nitrogen and oxygen atoms in total. The molecule has 1 unspecified atom stereocenters. The fourth-order valence-electron chi connectivity index (χ4n) is 2.52. The zero-order chi connectivity index (χ0) is 18.4. The van der Waals surface area contributed by atoms with E-state index in [1.54, 1.807) is 39.5 Å². The number of carbonyl (C=O) groups is 1. The summed E-state index contributed by atoms with van der Waals surface area (Å²) in [5.74, 6) is 2.15. The third-order valence-electron chi connectivity index (χ3n) is 3.90. The van der Waals surface area contributed by atoms with Crippen molar-refractivity contribution in [3.8, 4) is 23.0 Å². The normalized spacial score (nSPS) is 11.4. The maximum Gasteiger partial charge on any atom is 0.255 e. The molecule has 1 N–H and O–H groups in total. The van der Waals surface area contributed by atoms with Gasteiger partial charge in [-0.05, 0) is 43.3 Å². The maximum absolute atomic E-state index is 12.7. The molecule has 0 aromatic heterocycles. The molecule has 0 aliphatic carbocycles. The van der Waals surface area contributed by atoms with Crippen LogP contribution in [0.2, 0.25) is 0 Å². The molecule has 0 fully saturated rings. The van der Waals surface area contributed by atoms with Crippen molar-refractivity contribution in [3.05, 3.63) is 47.5 Å². The van der Waals surface area contributed by atoms with Gasteiger partial charge in [0.05, 0.1) is 40.0 Å². The third kappa shape index (κ3) is 4.15. The van der Waals surface area contributed by atoms with E-state index in [9.17, 15) is 4.79 Å². The molecule has 25 heavy (non-hydrogen) atoms. The van der Waals surface area contributed by atoms with Crippen molar-refractivity contribution in [2.45, 2.75) is 13.0 Å². The highest BCUT2D eigenvalue weighted by Crippen LogP contribution is 2.30. The average Bonchev–Trinajstić information content (AvgIpc) is 2.66. The molecule has 0 spiro atoms. The van der Waals surface area contributed by atoms with Crippen molar-refractivity contribution in [3.63, 3.8) is 0 Å². The lowest BCUT2D eigenvalue weighted by atomic mass is 10.1. The van der Waals surface area contributed by atoms with Crippen LogP contribution in [0.25, 0.3) is 0 Å². The van der Waals surface area contributed by atoms with Gasteiger partial charge in [0.2, 0.25) is 0 Å². The first-order chi connectivity index (χ1) is 12.0. The Morgan fingerprint density at radius 2 is 1.40 bits per heavy atom. The molecular formula is C19H23NO5. The molecule has 0 bridgehead atoms. The number of rotatable bonds is 7. The largest absolute Gasteiger partial charge is 0.497 e. The van der Waals surface area contributed by atoms with Gasteiger partial charge in [-0.15, -0.1) is 0 Å². The molecule has 0 radical (unpaired) electrons. The minimum atomic E-state index is -0.298. The molecule has 0 aliphatic heterocycles. The minimum absolute atomic E-state index is 0.270. The van der Waals surface area contributed by atoms with E-state index in [2.05, 4.69) is 5.32 Å². The van der Waals surface area contributed by atoms with Gasteiger partial charge in [0.25, 0.3) is 5.91 Å². The van der Waals surface area contributed by atoms with E-state index in [1.165, 1.54) is 7.11 Å². The van der Waals surface area contributed by atoms with Crippen molar-refractivity contribution in [2.24, 2.45) is 0 Å². The summed E-state index contributed by atoms with van der Waals surface area (Å²) in [4.78, 5) is 12.7. The summed E-state index contributed by atoms with van der Waals surface area (Å²) in [6.45, 7) is 1.88. The third-order valence-corrected chi connectivity index (χ3v) is 3.90. The number of hydrogen-bond donors (Lipinski definition) is 1. The zero-order valence-corrected chi connectivity index (χ0v) is 15.1. The van der Waals surface area contributed by atoms with E-state index in [0.29, 0.717) is 28.6 Å². The summed E-state index contributed by atoms with van der Waals surface area (Å²) in [5, 5.41) is 2.95. The molecule has 6 heteroatoms. The molecule has 0 heterocycles. The summed E-state index contributed by atoms with van der Waals surface area (Å²) in [7, 11) is 6.25. The summed E-state index contributed by atoms with van der Waals surface area (Å²) in [6, 6.07) is 10.2. The smallest absolute Gasteiger partial charge is 0.255 e. The quantitative estimate of drug-likeness (QED) is 0.835. The summed E-state index contributed by atoms with van der Waals surface area (Å²) in [6.07, 6.45) is 0. The van der Waals surface area contributed by atoms with Crippen molar-refractivity contribution in [2.75, 3.05) is 28.4 Å². The van der Waals surface area contributed by atoms with E-state index in [0.717, 1.165) is 5.56 Å². The number of carbonyl (C=O) groups excluding carboxylic acids is 1. The standard InChI is InChI=1S/C19H23NO5/c1-12(15-10-13(22-2)6-8-17(15)24-4)20-19(21)16-11-14(23-3)7-9-18(16)25-5/h6-12H,1-5H3,(H,20,21). The molecule has 0 saturated heterocycles. The minimum Gasteiger partial charge on any atom is -0.497 e. The van der Waals surface area contributed by atoms with Gasteiger partial charge in [0, 0.05) is 5.56 Å². The fourth-order valence-corrected chi connectivity index (χ4v) is 2.52. The van der Waals surface area contributed by atoms with Crippen LogP contribution < -0.4 is 24.3 Å². The van der Waals surface area contributed by atoms with Crippen LogP contribution in [0.5, 0.6) is 23.0 Å². The second-order valence-electron chi connectivity index (χ2n) is 5.37. The highest BCUT2D eigenvalue weighted by atomic mass is 16.5. The average molecular weight is 345 g/mol. The lowest BCUT2D eigenvalue weighted by Gasteiger charge is -2.19. The van der Waals surface area contributed by atoms with Crippen molar-refractivity contribution < 1.29 is 23.7 Å². The first-order valence-electron chi connectivity index (χ1n) is 7.78. The van der Waals surface area contributed by atoms with Crippen molar-refractivity contribution >= 4 is 5.91 Å². The van der Waals surface area contributed by atoms with Gasteiger partial charge in [-0.2, -0.15) is 0 Å². The summed E-state index contributed by atoms with van der Waals surface area (Å²) < 4.78 is 21.1. The van der Waals surface area contributed by atoms with E-state index in [-0.39, 0.29) is 11.9 Å². The van der Waals surface area contributed by atoms with Gasteiger partial charge in [-0.25, -0.2) is 0 Å². The summed E-state index contributed by atoms with van der Waals surface area (Å²) in [5.41, 5.74) is 1.22. The Balaban J connectivity index is 2.29. The number of benzene rings is 2. The Hall–Kier alpha value is -2.89. The van der Waals surface area contributed by atoms with Crippen LogP contribution in [0.4, 0.5) is 0 Å². The van der Waals surface area contributed by atoms with Crippen LogP contribution in [-0.2, 0) is 0 Å². The van der Waals surface area contributed by atoms with Crippen LogP contribution in [0.1, 0.15) is 28.9 Å². The first kappa shape index (κ1) is 18.4. The molecule has 134 valence electrons. The molecule has 2 aromatic rings. The molecule has 1 amide bonds. The van der Waals surface area contributed by atoms with E-state index < -0.39 is 0 Å². The van der Waals surface area contributed by atoms with Gasteiger partial charge in [-0.3, -0.25) is 4.79 Å². The highest BCUT2D eigenvalue weighted by Gasteiger charge is 2.19. The van der Waals surface area contributed by atoms with Crippen LogP contribution >= 0.6 is 0 Å². The van der Waals surface area contributed by atoms with E-state index in [1.807, 2.05) is 25.1 Å². The van der Waals surface area contributed by atoms with E-state index in [4.69, 9.17) is 18.9 Å². The van der Waals surface area contributed by atoms with Gasteiger partial charge in [0.15, 0.2) is 0 Å². The van der Waals surface area contributed by atoms with Crippen molar-refractivity contribution in [1.82, 2.24) is 5.32 Å². The Kier molecular flexibility index (Phi) is 6.11. The van der Waals surface area contributed by atoms with Gasteiger partial charge < -0.3 is 24.3 Å². The van der Waals surface area contributed by atoms with Crippen LogP contribution in [-0.4, -0.2) is 34.3 Å². The first-order valence-corrected chi connectivity index (χ1v) is 7.78. The van der Waals surface area contributed by atoms with Gasteiger partial charge in [-0.1, -0.05) is 0 Å². The monoisotopic (exact) mass is 345 g/mol. The molecule has 2 rings (SSSR count). The number of ether oxygens (including phenoxy) is 4. The Bertz CT molecular complexity index is 745. The molecule has 0 saturated carbocycles. The van der Waals surface area contributed by atoms with Gasteiger partial charge >= 0.3 is 0 Å². The number of amides is 1. The van der Waals surface area contributed by atoms with Gasteiger partial charge in [0.1, 0.15) is 23.0 Å². The van der Waals surface area contributed by atoms with Crippen LogP contribution in [0, 0.1) is 0 Å². The number of nitrogens with one attached hydrogen (secondary N) is 1. The second-order valence-corrected chi connectivity index (χ2v) is 5.37. The van der Waals surface area contributed by atoms with Crippen molar-refractivity contribution in [1.29, 1.82) is 0 Å². The number of hydrogen-bond acceptors (Lipinski definition) is 5. The topological polar surface area (TPSA) is 66.0 Å². The maximum atomic E-state index is 12.7. The van der Waals surface area contributed by atoms with E-state index >= 15 is 0 Å². The van der Waals surface area contributed by atoms with Crippen LogP contribution in [0.15, 0.2) is 36.4 Å².